The van der Waals surface area contributed by atoms with Crippen molar-refractivity contribution in [3.8, 4) is 0 Å². The fourth-order valence-electron chi connectivity index (χ4n) is 0.541. The van der Waals surface area contributed by atoms with Gasteiger partial charge in [0.25, 0.3) is 0 Å². The summed E-state index contributed by atoms with van der Waals surface area (Å²) in [5.74, 6) is 0.309. The first kappa shape index (κ1) is 6.54. The maximum Gasteiger partial charge on any atom is 0.240 e. The van der Waals surface area contributed by atoms with Gasteiger partial charge >= 0.3 is 0 Å². The van der Waals surface area contributed by atoms with Crippen molar-refractivity contribution in [3.05, 3.63) is 4.73 Å². The number of nitrogen functional groups attached to an aromatic ring is 1. The minimum absolute atomic E-state index is 0.309. The minimum Gasteiger partial charge on any atom is -0.366 e. The van der Waals surface area contributed by atoms with Gasteiger partial charge in [-0.1, -0.05) is 0 Å². The highest BCUT2D eigenvalue weighted by Crippen LogP contribution is 2.06. The molecule has 9 heavy (non-hydrogen) atoms. The number of rotatable bonds is 1. The molecule has 0 saturated heterocycles. The predicted octanol–water partition coefficient (Wildman–Crippen LogP) is 0.643. The summed E-state index contributed by atoms with van der Waals surface area (Å²) < 4.78 is 2.36. The van der Waals surface area contributed by atoms with Gasteiger partial charge in [0.05, 0.1) is 0 Å². The number of nitrogens with zero attached hydrogens (tertiary/aromatic N) is 3. The smallest absolute Gasteiger partial charge is 0.240 e. The SMILES string of the molecule is CCn1nc(N)nc1Br. The molecule has 0 aliphatic rings. The molecule has 50 valence electrons. The highest BCUT2D eigenvalue weighted by Gasteiger charge is 1.99. The zero-order chi connectivity index (χ0) is 6.85. The Morgan fingerprint density at radius 2 is 2.44 bits per heavy atom. The van der Waals surface area contributed by atoms with E-state index in [1.807, 2.05) is 6.92 Å². The Morgan fingerprint density at radius 3 is 2.67 bits per heavy atom. The van der Waals surface area contributed by atoms with Crippen molar-refractivity contribution in [2.24, 2.45) is 0 Å². The Hall–Kier alpha value is -0.580. The summed E-state index contributed by atoms with van der Waals surface area (Å²) in [7, 11) is 0. The molecule has 0 radical (unpaired) electrons. The number of halogens is 1. The Balaban J connectivity index is 3.01. The quantitative estimate of drug-likeness (QED) is 0.708. The topological polar surface area (TPSA) is 56.7 Å². The van der Waals surface area contributed by atoms with Crippen LogP contribution in [0.15, 0.2) is 4.73 Å². The lowest BCUT2D eigenvalue weighted by Crippen LogP contribution is -1.96. The summed E-state index contributed by atoms with van der Waals surface area (Å²) in [6.45, 7) is 2.75. The van der Waals surface area contributed by atoms with Crippen LogP contribution < -0.4 is 5.73 Å². The Bertz CT molecular complexity index is 206. The standard InChI is InChI=1S/C4H7BrN4/c1-2-9-3(5)7-4(6)8-9/h2H2,1H3,(H2,6,8). The molecule has 0 aromatic carbocycles. The Morgan fingerprint density at radius 1 is 1.78 bits per heavy atom. The lowest BCUT2D eigenvalue weighted by Gasteiger charge is -1.90. The third-order valence-electron chi connectivity index (χ3n) is 0.942. The third-order valence-corrected chi connectivity index (χ3v) is 1.53. The van der Waals surface area contributed by atoms with Crippen LogP contribution in [0.4, 0.5) is 5.95 Å². The normalized spacial score (nSPS) is 10.0. The molecule has 1 aromatic heterocycles. The second-order valence-corrected chi connectivity index (χ2v) is 2.26. The minimum atomic E-state index is 0.309. The van der Waals surface area contributed by atoms with Crippen LogP contribution in [0.3, 0.4) is 0 Å². The molecule has 0 saturated carbocycles. The summed E-state index contributed by atoms with van der Waals surface area (Å²) in [4.78, 5) is 3.83. The molecule has 0 spiro atoms. The van der Waals surface area contributed by atoms with Crippen LogP contribution in [0, 0.1) is 0 Å². The van der Waals surface area contributed by atoms with E-state index in [0.29, 0.717) is 10.7 Å². The summed E-state index contributed by atoms with van der Waals surface area (Å²) in [5, 5.41) is 3.87. The second-order valence-electron chi connectivity index (χ2n) is 1.55. The molecule has 4 nitrogen and oxygen atoms in total. The molecular weight excluding hydrogens is 184 g/mol. The van der Waals surface area contributed by atoms with Crippen molar-refractivity contribution in [3.63, 3.8) is 0 Å². The van der Waals surface area contributed by atoms with E-state index >= 15 is 0 Å². The van der Waals surface area contributed by atoms with Gasteiger partial charge in [-0.2, -0.15) is 4.98 Å². The molecule has 5 heteroatoms. The van der Waals surface area contributed by atoms with Crippen LogP contribution in [-0.2, 0) is 6.54 Å². The summed E-state index contributed by atoms with van der Waals surface area (Å²) in [6.07, 6.45) is 0. The lowest BCUT2D eigenvalue weighted by atomic mass is 10.8. The first-order valence-electron chi connectivity index (χ1n) is 2.60. The molecule has 0 amide bonds. The zero-order valence-corrected chi connectivity index (χ0v) is 6.59. The van der Waals surface area contributed by atoms with Crippen molar-refractivity contribution in [1.29, 1.82) is 0 Å². The van der Waals surface area contributed by atoms with E-state index in [0.717, 1.165) is 6.54 Å². The van der Waals surface area contributed by atoms with Gasteiger partial charge in [0.15, 0.2) is 4.73 Å². The lowest BCUT2D eigenvalue weighted by molar-refractivity contribution is 0.644. The molecule has 2 N–H and O–H groups in total. The fourth-order valence-corrected chi connectivity index (χ4v) is 1.05. The fraction of sp³-hybridized carbons (Fsp3) is 0.500. The predicted molar refractivity (Wildman–Crippen MR) is 37.8 cm³/mol. The maximum absolute atomic E-state index is 5.28. The number of hydrogen-bond acceptors (Lipinski definition) is 3. The molecule has 0 atom stereocenters. The highest BCUT2D eigenvalue weighted by atomic mass is 79.9. The van der Waals surface area contributed by atoms with Crippen LogP contribution in [0.1, 0.15) is 6.92 Å². The summed E-state index contributed by atoms with van der Waals surface area (Å²) in [5.41, 5.74) is 5.28. The number of aryl methyl sites for hydroxylation is 1. The highest BCUT2D eigenvalue weighted by molar-refractivity contribution is 9.10. The van der Waals surface area contributed by atoms with E-state index in [1.54, 1.807) is 4.68 Å². The Kier molecular flexibility index (Phi) is 1.70. The maximum atomic E-state index is 5.28. The van der Waals surface area contributed by atoms with Crippen molar-refractivity contribution in [2.45, 2.75) is 13.5 Å². The van der Waals surface area contributed by atoms with Crippen molar-refractivity contribution in [2.75, 3.05) is 5.73 Å². The molecule has 0 aliphatic heterocycles. The van der Waals surface area contributed by atoms with E-state index in [1.165, 1.54) is 0 Å². The number of aromatic nitrogens is 3. The summed E-state index contributed by atoms with van der Waals surface area (Å²) in [6, 6.07) is 0. The van der Waals surface area contributed by atoms with Crippen LogP contribution >= 0.6 is 15.9 Å². The molecule has 0 bridgehead atoms. The van der Waals surface area contributed by atoms with Gasteiger partial charge in [0.1, 0.15) is 0 Å². The van der Waals surface area contributed by atoms with Crippen molar-refractivity contribution >= 4 is 21.9 Å². The van der Waals surface area contributed by atoms with E-state index in [2.05, 4.69) is 26.0 Å². The average molecular weight is 191 g/mol. The van der Waals surface area contributed by atoms with Gasteiger partial charge in [-0.3, -0.25) is 0 Å². The van der Waals surface area contributed by atoms with Crippen molar-refractivity contribution in [1.82, 2.24) is 14.8 Å². The zero-order valence-electron chi connectivity index (χ0n) is 5.00. The number of hydrogen-bond donors (Lipinski definition) is 1. The third kappa shape index (κ3) is 1.21. The van der Waals surface area contributed by atoms with Crippen molar-refractivity contribution < 1.29 is 0 Å². The first-order chi connectivity index (χ1) is 4.24. The van der Waals surface area contributed by atoms with Crippen LogP contribution in [0.2, 0.25) is 0 Å². The molecule has 1 aromatic rings. The molecule has 0 aliphatic carbocycles. The molecular formula is C4H7BrN4. The molecule has 0 fully saturated rings. The van der Waals surface area contributed by atoms with Gasteiger partial charge in [-0.05, 0) is 22.9 Å². The van der Waals surface area contributed by atoms with Gasteiger partial charge in [0, 0.05) is 6.54 Å². The van der Waals surface area contributed by atoms with E-state index in [-0.39, 0.29) is 0 Å². The van der Waals surface area contributed by atoms with Gasteiger partial charge in [0.2, 0.25) is 5.95 Å². The van der Waals surface area contributed by atoms with Gasteiger partial charge in [-0.25, -0.2) is 4.68 Å². The average Bonchev–Trinajstić information content (AvgIpc) is 2.10. The second kappa shape index (κ2) is 2.34. The van der Waals surface area contributed by atoms with Gasteiger partial charge < -0.3 is 5.73 Å². The van der Waals surface area contributed by atoms with E-state index < -0.39 is 0 Å². The first-order valence-corrected chi connectivity index (χ1v) is 3.39. The number of anilines is 1. The van der Waals surface area contributed by atoms with Crippen LogP contribution in [-0.4, -0.2) is 14.8 Å². The van der Waals surface area contributed by atoms with Crippen LogP contribution in [0.5, 0.6) is 0 Å². The Labute approximate surface area is 61.2 Å². The summed E-state index contributed by atoms with van der Waals surface area (Å²) >= 11 is 3.19. The number of nitrogens with two attached hydrogens (primary N) is 1. The van der Waals surface area contributed by atoms with E-state index in [9.17, 15) is 0 Å². The van der Waals surface area contributed by atoms with Crippen LogP contribution in [0.25, 0.3) is 0 Å². The molecule has 1 rings (SSSR count). The monoisotopic (exact) mass is 190 g/mol. The molecule has 0 unspecified atom stereocenters. The van der Waals surface area contributed by atoms with E-state index in [4.69, 9.17) is 5.73 Å². The van der Waals surface area contributed by atoms with Gasteiger partial charge in [-0.15, -0.1) is 5.10 Å². The largest absolute Gasteiger partial charge is 0.366 e. The molecule has 1 heterocycles.